The number of carbonyl (C=O) groups excluding carboxylic acids is 1. The maximum Gasteiger partial charge on any atom is 0.262 e. The zero-order valence-corrected chi connectivity index (χ0v) is 18.3. The predicted octanol–water partition coefficient (Wildman–Crippen LogP) is 3.35. The highest BCUT2D eigenvalue weighted by molar-refractivity contribution is 5.94. The van der Waals surface area contributed by atoms with Gasteiger partial charge in [-0.2, -0.15) is 0 Å². The predicted molar refractivity (Wildman–Crippen MR) is 119 cm³/mol. The minimum atomic E-state index is -0.312. The van der Waals surface area contributed by atoms with Crippen LogP contribution >= 0.6 is 0 Å². The van der Waals surface area contributed by atoms with E-state index in [2.05, 4.69) is 10.2 Å². The summed E-state index contributed by atoms with van der Waals surface area (Å²) in [5, 5.41) is 2.88. The van der Waals surface area contributed by atoms with Gasteiger partial charge in [-0.25, -0.2) is 0 Å². The minimum absolute atomic E-state index is 0.166. The van der Waals surface area contributed by atoms with Crippen molar-refractivity contribution in [3.05, 3.63) is 36.4 Å². The van der Waals surface area contributed by atoms with Gasteiger partial charge < -0.3 is 33.9 Å². The van der Waals surface area contributed by atoms with Crippen molar-refractivity contribution in [1.29, 1.82) is 0 Å². The van der Waals surface area contributed by atoms with Crippen LogP contribution in [0, 0.1) is 0 Å². The molecule has 3 rings (SSSR count). The van der Waals surface area contributed by atoms with Crippen LogP contribution in [0.3, 0.4) is 0 Å². The number of methoxy groups -OCH3 is 1. The maximum absolute atomic E-state index is 12.6. The molecule has 0 saturated carbocycles. The molecule has 0 spiro atoms. The SMILES string of the molecule is CCOc1cc(N2CCOCC2)c(OCC)cc1NC(=O)COc1ccccc1OC. The van der Waals surface area contributed by atoms with E-state index in [4.69, 9.17) is 23.7 Å². The summed E-state index contributed by atoms with van der Waals surface area (Å²) in [6.07, 6.45) is 0. The van der Waals surface area contributed by atoms with Crippen LogP contribution in [0.5, 0.6) is 23.0 Å². The van der Waals surface area contributed by atoms with Gasteiger partial charge >= 0.3 is 0 Å². The van der Waals surface area contributed by atoms with E-state index in [0.29, 0.717) is 55.1 Å². The number of nitrogens with zero attached hydrogens (tertiary/aromatic N) is 1. The monoisotopic (exact) mass is 430 g/mol. The Kier molecular flexibility index (Phi) is 8.23. The number of benzene rings is 2. The molecule has 1 aliphatic heterocycles. The van der Waals surface area contributed by atoms with E-state index in [1.807, 2.05) is 32.0 Å². The molecule has 8 heteroatoms. The molecule has 31 heavy (non-hydrogen) atoms. The van der Waals surface area contributed by atoms with E-state index in [9.17, 15) is 4.79 Å². The van der Waals surface area contributed by atoms with E-state index in [1.54, 1.807) is 25.3 Å². The molecule has 1 aliphatic rings. The minimum Gasteiger partial charge on any atom is -0.493 e. The molecule has 0 aliphatic carbocycles. The molecule has 1 heterocycles. The van der Waals surface area contributed by atoms with Crippen LogP contribution in [-0.2, 0) is 9.53 Å². The van der Waals surface area contributed by atoms with Crippen LogP contribution < -0.4 is 29.2 Å². The van der Waals surface area contributed by atoms with E-state index in [0.717, 1.165) is 18.8 Å². The highest BCUT2D eigenvalue weighted by Gasteiger charge is 2.20. The number of carbonyl (C=O) groups is 1. The van der Waals surface area contributed by atoms with Crippen molar-refractivity contribution in [3.8, 4) is 23.0 Å². The Bertz CT molecular complexity index is 867. The van der Waals surface area contributed by atoms with Gasteiger partial charge in [-0.1, -0.05) is 12.1 Å². The van der Waals surface area contributed by atoms with Crippen LogP contribution in [0.15, 0.2) is 36.4 Å². The van der Waals surface area contributed by atoms with Gasteiger partial charge in [0.05, 0.1) is 44.9 Å². The Morgan fingerprint density at radius 2 is 1.65 bits per heavy atom. The van der Waals surface area contributed by atoms with Crippen molar-refractivity contribution in [2.75, 3.05) is 63.5 Å². The Morgan fingerprint density at radius 1 is 0.968 bits per heavy atom. The zero-order chi connectivity index (χ0) is 22.1. The summed E-state index contributed by atoms with van der Waals surface area (Å²) in [7, 11) is 1.56. The first-order valence-corrected chi connectivity index (χ1v) is 10.5. The fourth-order valence-electron chi connectivity index (χ4n) is 3.31. The van der Waals surface area contributed by atoms with Crippen molar-refractivity contribution in [3.63, 3.8) is 0 Å². The molecule has 8 nitrogen and oxygen atoms in total. The first kappa shape index (κ1) is 22.6. The summed E-state index contributed by atoms with van der Waals surface area (Å²) in [4.78, 5) is 14.8. The number of hydrogen-bond acceptors (Lipinski definition) is 7. The lowest BCUT2D eigenvalue weighted by Crippen LogP contribution is -2.36. The summed E-state index contributed by atoms with van der Waals surface area (Å²) < 4.78 is 28.0. The first-order valence-electron chi connectivity index (χ1n) is 10.5. The summed E-state index contributed by atoms with van der Waals surface area (Å²) in [5.74, 6) is 2.03. The third kappa shape index (κ3) is 5.95. The molecular formula is C23H30N2O6. The second-order valence-electron chi connectivity index (χ2n) is 6.77. The summed E-state index contributed by atoms with van der Waals surface area (Å²) >= 11 is 0. The van der Waals surface area contributed by atoms with Gasteiger partial charge in [-0.05, 0) is 26.0 Å². The number of ether oxygens (including phenoxy) is 5. The maximum atomic E-state index is 12.6. The number of nitrogens with one attached hydrogen (secondary N) is 1. The molecule has 0 aromatic heterocycles. The van der Waals surface area contributed by atoms with E-state index in [1.165, 1.54) is 0 Å². The second-order valence-corrected chi connectivity index (χ2v) is 6.77. The molecule has 0 atom stereocenters. The van der Waals surface area contributed by atoms with Crippen molar-refractivity contribution < 1.29 is 28.5 Å². The Hall–Kier alpha value is -3.13. The number of rotatable bonds is 10. The molecule has 0 bridgehead atoms. The lowest BCUT2D eigenvalue weighted by atomic mass is 10.2. The van der Waals surface area contributed by atoms with Crippen LogP contribution in [0.25, 0.3) is 0 Å². The van der Waals surface area contributed by atoms with Gasteiger partial charge in [0.1, 0.15) is 11.5 Å². The van der Waals surface area contributed by atoms with E-state index >= 15 is 0 Å². The average Bonchev–Trinajstić information content (AvgIpc) is 2.80. The Morgan fingerprint density at radius 3 is 2.32 bits per heavy atom. The fraction of sp³-hybridized carbons (Fsp3) is 0.435. The standard InChI is InChI=1S/C23H30N2O6/c1-4-29-21-15-18(25-10-12-28-13-11-25)22(30-5-2)14-17(21)24-23(26)16-31-20-9-7-6-8-19(20)27-3/h6-9,14-15H,4-5,10-13,16H2,1-3H3,(H,24,26). The first-order chi connectivity index (χ1) is 15.2. The summed E-state index contributed by atoms with van der Waals surface area (Å²) in [6, 6.07) is 10.9. The number of para-hydroxylation sites is 2. The largest absolute Gasteiger partial charge is 0.493 e. The fourth-order valence-corrected chi connectivity index (χ4v) is 3.31. The van der Waals surface area contributed by atoms with Gasteiger partial charge in [0, 0.05) is 25.2 Å². The molecule has 168 valence electrons. The quantitative estimate of drug-likeness (QED) is 0.619. The highest BCUT2D eigenvalue weighted by atomic mass is 16.5. The second kappa shape index (κ2) is 11.3. The molecule has 2 aromatic rings. The lowest BCUT2D eigenvalue weighted by Gasteiger charge is -2.31. The van der Waals surface area contributed by atoms with Crippen LogP contribution in [0.1, 0.15) is 13.8 Å². The third-order valence-electron chi connectivity index (χ3n) is 4.71. The van der Waals surface area contributed by atoms with Crippen molar-refractivity contribution in [2.24, 2.45) is 0 Å². The number of morpholine rings is 1. The van der Waals surface area contributed by atoms with Crippen molar-refractivity contribution >= 4 is 17.3 Å². The molecule has 1 amide bonds. The molecule has 1 fully saturated rings. The van der Waals surface area contributed by atoms with Gasteiger partial charge in [0.15, 0.2) is 18.1 Å². The van der Waals surface area contributed by atoms with Crippen LogP contribution in [-0.4, -0.2) is 59.1 Å². The molecular weight excluding hydrogens is 400 g/mol. The number of anilines is 2. The van der Waals surface area contributed by atoms with E-state index in [-0.39, 0.29) is 12.5 Å². The number of amides is 1. The molecule has 0 radical (unpaired) electrons. The van der Waals surface area contributed by atoms with Gasteiger partial charge in [0.2, 0.25) is 0 Å². The summed E-state index contributed by atoms with van der Waals surface area (Å²) in [5.41, 5.74) is 1.47. The Balaban J connectivity index is 1.78. The van der Waals surface area contributed by atoms with Crippen molar-refractivity contribution in [2.45, 2.75) is 13.8 Å². The molecule has 2 aromatic carbocycles. The van der Waals surface area contributed by atoms with Gasteiger partial charge in [0.25, 0.3) is 5.91 Å². The lowest BCUT2D eigenvalue weighted by molar-refractivity contribution is -0.118. The third-order valence-corrected chi connectivity index (χ3v) is 4.71. The Labute approximate surface area is 183 Å². The molecule has 0 unspecified atom stereocenters. The molecule has 1 saturated heterocycles. The van der Waals surface area contributed by atoms with Crippen LogP contribution in [0.4, 0.5) is 11.4 Å². The van der Waals surface area contributed by atoms with E-state index < -0.39 is 0 Å². The zero-order valence-electron chi connectivity index (χ0n) is 18.3. The van der Waals surface area contributed by atoms with Crippen molar-refractivity contribution in [1.82, 2.24) is 0 Å². The highest BCUT2D eigenvalue weighted by Crippen LogP contribution is 2.39. The summed E-state index contributed by atoms with van der Waals surface area (Å²) in [6.45, 7) is 7.50. The van der Waals surface area contributed by atoms with Crippen LogP contribution in [0.2, 0.25) is 0 Å². The normalized spacial score (nSPS) is 13.5. The van der Waals surface area contributed by atoms with Gasteiger partial charge in [-0.3, -0.25) is 4.79 Å². The smallest absolute Gasteiger partial charge is 0.262 e. The average molecular weight is 431 g/mol. The number of hydrogen-bond donors (Lipinski definition) is 1. The van der Waals surface area contributed by atoms with Gasteiger partial charge in [-0.15, -0.1) is 0 Å². The molecule has 1 N–H and O–H groups in total. The topological polar surface area (TPSA) is 78.5 Å².